The molecule has 1 heterocycles. The number of carbonyl (C=O) groups excluding carboxylic acids is 1. The highest BCUT2D eigenvalue weighted by Gasteiger charge is 2.27. The first kappa shape index (κ1) is 15.7. The monoisotopic (exact) mass is 268 g/mol. The van der Waals surface area contributed by atoms with Crippen LogP contribution in [0.25, 0.3) is 0 Å². The maximum absolute atomic E-state index is 11.9. The Balaban J connectivity index is 2.51. The molecule has 1 aromatic rings. The van der Waals surface area contributed by atoms with E-state index in [1.165, 1.54) is 0 Å². The summed E-state index contributed by atoms with van der Waals surface area (Å²) in [5.41, 5.74) is 5.61. The zero-order chi connectivity index (χ0) is 14.5. The van der Waals surface area contributed by atoms with Gasteiger partial charge < -0.3 is 15.8 Å². The summed E-state index contributed by atoms with van der Waals surface area (Å²) in [6.45, 7) is 7.24. The largest absolute Gasteiger partial charge is 0.385 e. The van der Waals surface area contributed by atoms with E-state index in [0.29, 0.717) is 12.4 Å². The molecule has 0 spiro atoms. The standard InChI is InChI=1S/C13H24N4O2/c1-13(2,3)11(14)12(18)15-10-6-8-17(16-10)7-5-9-19-4/h6,8,11H,5,7,9,14H2,1-4H3,(H,15,16,18)/t11-/m1/s1. The van der Waals surface area contributed by atoms with Gasteiger partial charge >= 0.3 is 0 Å². The van der Waals surface area contributed by atoms with Crippen LogP contribution in [0.4, 0.5) is 5.82 Å². The van der Waals surface area contributed by atoms with E-state index in [-0.39, 0.29) is 11.3 Å². The van der Waals surface area contributed by atoms with Crippen LogP contribution in [0.3, 0.4) is 0 Å². The van der Waals surface area contributed by atoms with Crippen LogP contribution in [0, 0.1) is 5.41 Å². The number of nitrogens with zero attached hydrogens (tertiary/aromatic N) is 2. The van der Waals surface area contributed by atoms with Crippen LogP contribution in [0.1, 0.15) is 27.2 Å². The fourth-order valence-corrected chi connectivity index (χ4v) is 1.52. The molecule has 0 saturated heterocycles. The van der Waals surface area contributed by atoms with E-state index in [2.05, 4.69) is 10.4 Å². The Kier molecular flexibility index (Phi) is 5.50. The number of hydrogen-bond donors (Lipinski definition) is 2. The topological polar surface area (TPSA) is 82.2 Å². The molecule has 1 amide bonds. The lowest BCUT2D eigenvalue weighted by Gasteiger charge is -2.25. The van der Waals surface area contributed by atoms with Crippen LogP contribution in [-0.4, -0.2) is 35.4 Å². The van der Waals surface area contributed by atoms with Gasteiger partial charge in [0.2, 0.25) is 5.91 Å². The Labute approximate surface area is 114 Å². The Morgan fingerprint density at radius 1 is 1.58 bits per heavy atom. The summed E-state index contributed by atoms with van der Waals surface area (Å²) in [5, 5.41) is 6.99. The second-order valence-electron chi connectivity index (χ2n) is 5.64. The molecule has 0 fully saturated rings. The summed E-state index contributed by atoms with van der Waals surface area (Å²) in [4.78, 5) is 11.9. The molecule has 1 rings (SSSR count). The molecule has 108 valence electrons. The molecule has 0 aromatic carbocycles. The molecule has 0 bridgehead atoms. The van der Waals surface area contributed by atoms with Crippen molar-refractivity contribution in [3.63, 3.8) is 0 Å². The number of nitrogens with one attached hydrogen (secondary N) is 1. The molecule has 1 atom stereocenters. The molecule has 0 aliphatic carbocycles. The van der Waals surface area contributed by atoms with E-state index in [9.17, 15) is 4.79 Å². The highest BCUT2D eigenvalue weighted by Crippen LogP contribution is 2.18. The summed E-state index contributed by atoms with van der Waals surface area (Å²) in [6.07, 6.45) is 2.71. The molecule has 0 aliphatic heterocycles. The minimum Gasteiger partial charge on any atom is -0.385 e. The van der Waals surface area contributed by atoms with Gasteiger partial charge in [0.15, 0.2) is 5.82 Å². The van der Waals surface area contributed by atoms with Crippen LogP contribution in [0.2, 0.25) is 0 Å². The van der Waals surface area contributed by atoms with Gasteiger partial charge in [0.05, 0.1) is 6.04 Å². The van der Waals surface area contributed by atoms with Gasteiger partial charge in [0, 0.05) is 32.5 Å². The lowest BCUT2D eigenvalue weighted by atomic mass is 9.87. The minimum absolute atomic E-state index is 0.213. The number of aryl methyl sites for hydroxylation is 1. The lowest BCUT2D eigenvalue weighted by molar-refractivity contribution is -0.119. The smallest absolute Gasteiger partial charge is 0.243 e. The molecule has 19 heavy (non-hydrogen) atoms. The molecule has 0 radical (unpaired) electrons. The van der Waals surface area contributed by atoms with E-state index in [1.807, 2.05) is 27.0 Å². The average molecular weight is 268 g/mol. The van der Waals surface area contributed by atoms with Crippen molar-refractivity contribution in [2.75, 3.05) is 19.0 Å². The molecular formula is C13H24N4O2. The van der Waals surface area contributed by atoms with Crippen LogP contribution >= 0.6 is 0 Å². The molecule has 1 aromatic heterocycles. The predicted octanol–water partition coefficient (Wildman–Crippen LogP) is 1.23. The summed E-state index contributed by atoms with van der Waals surface area (Å²) in [6, 6.07) is 1.20. The highest BCUT2D eigenvalue weighted by molar-refractivity contribution is 5.94. The quantitative estimate of drug-likeness (QED) is 0.760. The third-order valence-electron chi connectivity index (χ3n) is 2.84. The summed E-state index contributed by atoms with van der Waals surface area (Å²) < 4.78 is 6.75. The first-order valence-corrected chi connectivity index (χ1v) is 6.43. The van der Waals surface area contributed by atoms with Crippen molar-refractivity contribution in [3.8, 4) is 0 Å². The number of anilines is 1. The number of methoxy groups -OCH3 is 1. The Hall–Kier alpha value is -1.40. The summed E-state index contributed by atoms with van der Waals surface area (Å²) in [7, 11) is 1.67. The van der Waals surface area contributed by atoms with Gasteiger partial charge in [-0.05, 0) is 11.8 Å². The number of rotatable bonds is 6. The normalized spacial score (nSPS) is 13.3. The first-order valence-electron chi connectivity index (χ1n) is 6.43. The lowest BCUT2D eigenvalue weighted by Crippen LogP contribution is -2.45. The van der Waals surface area contributed by atoms with E-state index in [0.717, 1.165) is 13.0 Å². The van der Waals surface area contributed by atoms with Gasteiger partial charge in [-0.1, -0.05) is 20.8 Å². The van der Waals surface area contributed by atoms with Gasteiger partial charge in [0.1, 0.15) is 0 Å². The van der Waals surface area contributed by atoms with Crippen LogP contribution in [-0.2, 0) is 16.1 Å². The first-order chi connectivity index (χ1) is 8.84. The summed E-state index contributed by atoms with van der Waals surface area (Å²) >= 11 is 0. The fourth-order valence-electron chi connectivity index (χ4n) is 1.52. The van der Waals surface area contributed by atoms with Crippen LogP contribution < -0.4 is 11.1 Å². The predicted molar refractivity (Wildman–Crippen MR) is 74.8 cm³/mol. The second kappa shape index (κ2) is 6.68. The third kappa shape index (κ3) is 5.00. The number of hydrogen-bond acceptors (Lipinski definition) is 4. The van der Waals surface area contributed by atoms with E-state index < -0.39 is 6.04 Å². The molecule has 0 saturated carbocycles. The molecular weight excluding hydrogens is 244 g/mol. The highest BCUT2D eigenvalue weighted by atomic mass is 16.5. The maximum Gasteiger partial charge on any atom is 0.243 e. The van der Waals surface area contributed by atoms with Gasteiger partial charge in [-0.3, -0.25) is 9.48 Å². The minimum atomic E-state index is -0.564. The van der Waals surface area contributed by atoms with Crippen molar-refractivity contribution in [3.05, 3.63) is 12.3 Å². The zero-order valence-electron chi connectivity index (χ0n) is 12.1. The second-order valence-corrected chi connectivity index (χ2v) is 5.64. The van der Waals surface area contributed by atoms with Crippen molar-refractivity contribution < 1.29 is 9.53 Å². The Bertz CT molecular complexity index is 409. The number of aromatic nitrogens is 2. The third-order valence-corrected chi connectivity index (χ3v) is 2.84. The Morgan fingerprint density at radius 2 is 2.26 bits per heavy atom. The molecule has 6 heteroatoms. The Morgan fingerprint density at radius 3 is 2.84 bits per heavy atom. The van der Waals surface area contributed by atoms with E-state index in [1.54, 1.807) is 17.9 Å². The average Bonchev–Trinajstić information content (AvgIpc) is 2.75. The molecule has 0 unspecified atom stereocenters. The van der Waals surface area contributed by atoms with Crippen molar-refractivity contribution in [2.45, 2.75) is 39.8 Å². The van der Waals surface area contributed by atoms with Crippen molar-refractivity contribution in [2.24, 2.45) is 11.1 Å². The number of carbonyl (C=O) groups is 1. The fraction of sp³-hybridized carbons (Fsp3) is 0.692. The SMILES string of the molecule is COCCCn1ccc(NC(=O)[C@@H](N)C(C)(C)C)n1. The van der Waals surface area contributed by atoms with Crippen LogP contribution in [0.5, 0.6) is 0 Å². The number of amides is 1. The van der Waals surface area contributed by atoms with Crippen LogP contribution in [0.15, 0.2) is 12.3 Å². The van der Waals surface area contributed by atoms with Crippen molar-refractivity contribution >= 4 is 11.7 Å². The van der Waals surface area contributed by atoms with Gasteiger partial charge in [-0.2, -0.15) is 5.10 Å². The van der Waals surface area contributed by atoms with E-state index >= 15 is 0 Å². The maximum atomic E-state index is 11.9. The van der Waals surface area contributed by atoms with Crippen molar-refractivity contribution in [1.82, 2.24) is 9.78 Å². The molecule has 6 nitrogen and oxygen atoms in total. The number of ether oxygens (including phenoxy) is 1. The molecule has 0 aliphatic rings. The summed E-state index contributed by atoms with van der Waals surface area (Å²) in [5.74, 6) is 0.316. The molecule has 3 N–H and O–H groups in total. The number of nitrogens with two attached hydrogens (primary N) is 1. The van der Waals surface area contributed by atoms with Crippen molar-refractivity contribution in [1.29, 1.82) is 0 Å². The van der Waals surface area contributed by atoms with Gasteiger partial charge in [-0.15, -0.1) is 0 Å². The van der Waals surface area contributed by atoms with E-state index in [4.69, 9.17) is 10.5 Å². The van der Waals surface area contributed by atoms with Gasteiger partial charge in [-0.25, -0.2) is 0 Å². The zero-order valence-corrected chi connectivity index (χ0v) is 12.1. The van der Waals surface area contributed by atoms with Gasteiger partial charge in [0.25, 0.3) is 0 Å².